The average Bonchev–Trinajstić information content (AvgIpc) is 2.54. The summed E-state index contributed by atoms with van der Waals surface area (Å²) in [5.74, 6) is 1.25. The van der Waals surface area contributed by atoms with Crippen LogP contribution in [0.2, 0.25) is 0 Å². The summed E-state index contributed by atoms with van der Waals surface area (Å²) in [6.45, 7) is 6.22. The standard InChI is InChI=1S/C17H25B2N3O/c1-12(2)13-8-10-22(11-9-13)17(18,19)15-7-5-6-14(20-15)16(23)21(3)4/h5-7,12-13H,8-11H2,1-4H3. The molecule has 1 aliphatic heterocycles. The quantitative estimate of drug-likeness (QED) is 0.793. The van der Waals surface area contributed by atoms with Gasteiger partial charge < -0.3 is 9.80 Å². The Balaban J connectivity index is 2.17. The van der Waals surface area contributed by atoms with E-state index in [9.17, 15) is 4.79 Å². The molecule has 6 heteroatoms. The molecule has 1 amide bonds. The van der Waals surface area contributed by atoms with Gasteiger partial charge in [0.25, 0.3) is 5.91 Å². The Hall–Kier alpha value is -1.29. The normalized spacial score (nSPS) is 17.4. The van der Waals surface area contributed by atoms with E-state index in [0.29, 0.717) is 17.3 Å². The molecule has 2 heterocycles. The zero-order chi connectivity index (χ0) is 17.2. The highest BCUT2D eigenvalue weighted by Crippen LogP contribution is 2.30. The molecule has 0 spiro atoms. The van der Waals surface area contributed by atoms with Crippen LogP contribution in [0, 0.1) is 11.8 Å². The molecule has 1 saturated heterocycles. The minimum Gasteiger partial charge on any atom is -0.343 e. The number of nitrogens with zero attached hydrogens (tertiary/aromatic N) is 3. The molecule has 120 valence electrons. The van der Waals surface area contributed by atoms with E-state index in [4.69, 9.17) is 15.7 Å². The van der Waals surface area contributed by atoms with Gasteiger partial charge in [0.2, 0.25) is 0 Å². The number of carbonyl (C=O) groups excluding carboxylic acids is 1. The summed E-state index contributed by atoms with van der Waals surface area (Å²) in [6.07, 6.45) is 2.17. The summed E-state index contributed by atoms with van der Waals surface area (Å²) in [6, 6.07) is 5.27. The summed E-state index contributed by atoms with van der Waals surface area (Å²) in [7, 11) is 16.2. The molecule has 1 aliphatic rings. The highest BCUT2D eigenvalue weighted by molar-refractivity contribution is 6.39. The number of aromatic nitrogens is 1. The smallest absolute Gasteiger partial charge is 0.271 e. The molecule has 0 N–H and O–H groups in total. The molecule has 23 heavy (non-hydrogen) atoms. The molecule has 0 aromatic carbocycles. The largest absolute Gasteiger partial charge is 0.343 e. The van der Waals surface area contributed by atoms with Gasteiger partial charge in [-0.2, -0.15) is 0 Å². The number of rotatable bonds is 4. The van der Waals surface area contributed by atoms with Crippen molar-refractivity contribution in [2.75, 3.05) is 27.2 Å². The molecule has 0 saturated carbocycles. The number of pyridine rings is 1. The van der Waals surface area contributed by atoms with E-state index in [1.54, 1.807) is 32.3 Å². The van der Waals surface area contributed by atoms with Gasteiger partial charge in [-0.25, -0.2) is 4.98 Å². The van der Waals surface area contributed by atoms with Crippen LogP contribution in [0.5, 0.6) is 0 Å². The van der Waals surface area contributed by atoms with Crippen LogP contribution in [-0.4, -0.2) is 63.6 Å². The van der Waals surface area contributed by atoms with Crippen molar-refractivity contribution in [3.05, 3.63) is 29.6 Å². The lowest BCUT2D eigenvalue weighted by Gasteiger charge is -2.44. The molecule has 0 unspecified atom stereocenters. The van der Waals surface area contributed by atoms with Crippen LogP contribution in [0.4, 0.5) is 0 Å². The summed E-state index contributed by atoms with van der Waals surface area (Å²) in [5.41, 5.74) is 0.901. The van der Waals surface area contributed by atoms with Gasteiger partial charge in [0, 0.05) is 19.8 Å². The van der Waals surface area contributed by atoms with Crippen LogP contribution in [0.25, 0.3) is 0 Å². The third kappa shape index (κ3) is 3.97. The molecule has 4 nitrogen and oxygen atoms in total. The van der Waals surface area contributed by atoms with Crippen molar-refractivity contribution in [1.29, 1.82) is 0 Å². The lowest BCUT2D eigenvalue weighted by molar-refractivity contribution is 0.0820. The highest BCUT2D eigenvalue weighted by atomic mass is 16.2. The number of hydrogen-bond donors (Lipinski definition) is 0. The van der Waals surface area contributed by atoms with Crippen molar-refractivity contribution >= 4 is 21.6 Å². The van der Waals surface area contributed by atoms with E-state index in [2.05, 4.69) is 23.7 Å². The number of hydrogen-bond acceptors (Lipinski definition) is 3. The zero-order valence-corrected chi connectivity index (χ0v) is 14.6. The second-order valence-electron chi connectivity index (χ2n) is 7.00. The molecule has 1 aromatic rings. The number of amides is 1. The Morgan fingerprint density at radius 3 is 2.43 bits per heavy atom. The van der Waals surface area contributed by atoms with Crippen molar-refractivity contribution in [1.82, 2.24) is 14.8 Å². The molecule has 2 rings (SSSR count). The van der Waals surface area contributed by atoms with Gasteiger partial charge >= 0.3 is 0 Å². The Kier molecular flexibility index (Phi) is 5.56. The number of carbonyl (C=O) groups is 1. The maximum absolute atomic E-state index is 12.1. The Morgan fingerprint density at radius 1 is 1.30 bits per heavy atom. The van der Waals surface area contributed by atoms with Crippen molar-refractivity contribution in [3.63, 3.8) is 0 Å². The fourth-order valence-corrected chi connectivity index (χ4v) is 3.10. The van der Waals surface area contributed by atoms with Crippen molar-refractivity contribution < 1.29 is 4.79 Å². The van der Waals surface area contributed by atoms with Gasteiger partial charge in [-0.15, -0.1) is 0 Å². The predicted molar refractivity (Wildman–Crippen MR) is 94.6 cm³/mol. The first-order valence-corrected chi connectivity index (χ1v) is 8.25. The lowest BCUT2D eigenvalue weighted by Crippen LogP contribution is -2.51. The zero-order valence-electron chi connectivity index (χ0n) is 14.6. The molecular weight excluding hydrogens is 284 g/mol. The fourth-order valence-electron chi connectivity index (χ4n) is 3.10. The molecule has 1 fully saturated rings. The first kappa shape index (κ1) is 18.1. The van der Waals surface area contributed by atoms with E-state index in [1.807, 2.05) is 0 Å². The first-order valence-electron chi connectivity index (χ1n) is 8.25. The van der Waals surface area contributed by atoms with Gasteiger partial charge in [0.1, 0.15) is 5.69 Å². The maximum atomic E-state index is 12.1. The monoisotopic (exact) mass is 309 g/mol. The van der Waals surface area contributed by atoms with Crippen molar-refractivity contribution in [2.24, 2.45) is 11.8 Å². The van der Waals surface area contributed by atoms with Gasteiger partial charge in [0.15, 0.2) is 0 Å². The predicted octanol–water partition coefficient (Wildman–Crippen LogP) is 1.60. The number of likely N-dealkylation sites (tertiary alicyclic amines) is 1. The van der Waals surface area contributed by atoms with Gasteiger partial charge in [0.05, 0.1) is 15.7 Å². The van der Waals surface area contributed by atoms with Gasteiger partial charge in [-0.1, -0.05) is 19.9 Å². The van der Waals surface area contributed by atoms with E-state index in [-0.39, 0.29) is 5.91 Å². The SMILES string of the molecule is [B]C([B])(c1cccc(C(=O)N(C)C)n1)N1CCC(C(C)C)CC1. The van der Waals surface area contributed by atoms with Crippen LogP contribution in [0.15, 0.2) is 18.2 Å². The fraction of sp³-hybridized carbons (Fsp3) is 0.647. The second kappa shape index (κ2) is 7.08. The van der Waals surface area contributed by atoms with E-state index in [0.717, 1.165) is 31.8 Å². The topological polar surface area (TPSA) is 36.4 Å². The van der Waals surface area contributed by atoms with Crippen molar-refractivity contribution in [2.45, 2.75) is 32.0 Å². The van der Waals surface area contributed by atoms with Crippen molar-refractivity contribution in [3.8, 4) is 0 Å². The van der Waals surface area contributed by atoms with Gasteiger partial charge in [-0.05, 0) is 55.2 Å². The van der Waals surface area contributed by atoms with E-state index in [1.165, 1.54) is 4.90 Å². The number of piperidine rings is 1. The Bertz CT molecular complexity index is 553. The summed E-state index contributed by atoms with van der Waals surface area (Å²) in [5, 5.41) is -1.15. The van der Waals surface area contributed by atoms with Crippen LogP contribution in [-0.2, 0) is 5.34 Å². The Morgan fingerprint density at radius 2 is 1.91 bits per heavy atom. The van der Waals surface area contributed by atoms with Crippen LogP contribution < -0.4 is 0 Å². The summed E-state index contributed by atoms with van der Waals surface area (Å²) >= 11 is 0. The minimum absolute atomic E-state index is 0.152. The highest BCUT2D eigenvalue weighted by Gasteiger charge is 2.33. The minimum atomic E-state index is -1.15. The average molecular weight is 309 g/mol. The molecule has 4 radical (unpaired) electrons. The maximum Gasteiger partial charge on any atom is 0.271 e. The van der Waals surface area contributed by atoms with E-state index < -0.39 is 5.34 Å². The Labute approximate surface area is 142 Å². The molecule has 1 aromatic heterocycles. The summed E-state index contributed by atoms with van der Waals surface area (Å²) in [4.78, 5) is 20.1. The van der Waals surface area contributed by atoms with Crippen LogP contribution >= 0.6 is 0 Å². The molecular formula is C17H25B2N3O. The third-order valence-corrected chi connectivity index (χ3v) is 4.79. The lowest BCUT2D eigenvalue weighted by atomic mass is 9.58. The third-order valence-electron chi connectivity index (χ3n) is 4.79. The van der Waals surface area contributed by atoms with Crippen LogP contribution in [0.1, 0.15) is 42.9 Å². The second-order valence-corrected chi connectivity index (χ2v) is 7.00. The van der Waals surface area contributed by atoms with Crippen LogP contribution in [0.3, 0.4) is 0 Å². The van der Waals surface area contributed by atoms with Gasteiger partial charge in [-0.3, -0.25) is 4.79 Å². The summed E-state index contributed by atoms with van der Waals surface area (Å²) < 4.78 is 0. The molecule has 0 aliphatic carbocycles. The molecule has 0 bridgehead atoms. The first-order chi connectivity index (χ1) is 10.7. The van der Waals surface area contributed by atoms with E-state index >= 15 is 0 Å². The molecule has 0 atom stereocenters.